The molecule has 0 atom stereocenters. The van der Waals surface area contributed by atoms with Crippen molar-refractivity contribution in [3.8, 4) is 0 Å². The molecule has 0 spiro atoms. The molecule has 0 unspecified atom stereocenters. The van der Waals surface area contributed by atoms with Crippen LogP contribution in [0.1, 0.15) is 30.6 Å². The van der Waals surface area contributed by atoms with Gasteiger partial charge in [-0.3, -0.25) is 14.5 Å². The van der Waals surface area contributed by atoms with Crippen molar-refractivity contribution in [2.24, 2.45) is 0 Å². The Labute approximate surface area is 164 Å². The molecule has 1 aliphatic heterocycles. The second-order valence-electron chi connectivity index (χ2n) is 6.95. The second-order valence-corrected chi connectivity index (χ2v) is 6.95. The molecule has 1 fully saturated rings. The predicted molar refractivity (Wildman–Crippen MR) is 105 cm³/mol. The number of piperazine rings is 1. The van der Waals surface area contributed by atoms with Gasteiger partial charge in [0.25, 0.3) is 0 Å². The Kier molecular flexibility index (Phi) is 6.76. The van der Waals surface area contributed by atoms with Gasteiger partial charge in [0.1, 0.15) is 0 Å². The quantitative estimate of drug-likeness (QED) is 0.779. The van der Waals surface area contributed by atoms with Crippen LogP contribution in [0.15, 0.2) is 28.8 Å². The van der Waals surface area contributed by atoms with Gasteiger partial charge in [-0.1, -0.05) is 30.3 Å². The van der Waals surface area contributed by atoms with E-state index >= 15 is 0 Å². The van der Waals surface area contributed by atoms with E-state index in [0.717, 1.165) is 17.7 Å². The zero-order chi connectivity index (χ0) is 19.9. The molecule has 1 saturated heterocycles. The largest absolute Gasteiger partial charge is 0.340 e. The van der Waals surface area contributed by atoms with Crippen LogP contribution in [0, 0.1) is 6.92 Å². The first kappa shape index (κ1) is 20.0. The van der Waals surface area contributed by atoms with Gasteiger partial charge < -0.3 is 14.7 Å². The number of anilines is 1. The zero-order valence-corrected chi connectivity index (χ0v) is 16.5. The van der Waals surface area contributed by atoms with E-state index < -0.39 is 0 Å². The molecule has 2 aromatic rings. The topological polar surface area (TPSA) is 91.6 Å². The maximum Gasteiger partial charge on any atom is 0.238 e. The first-order chi connectivity index (χ1) is 13.5. The van der Waals surface area contributed by atoms with Crippen LogP contribution < -0.4 is 5.32 Å². The summed E-state index contributed by atoms with van der Waals surface area (Å²) in [5, 5.41) is 6.73. The summed E-state index contributed by atoms with van der Waals surface area (Å²) < 4.78 is 5.04. The molecule has 0 aliphatic carbocycles. The molecule has 2 heterocycles. The van der Waals surface area contributed by atoms with E-state index in [0.29, 0.717) is 57.3 Å². The number of carbonyl (C=O) groups excluding carboxylic acids is 2. The molecule has 8 heteroatoms. The summed E-state index contributed by atoms with van der Waals surface area (Å²) in [5.74, 6) is 1.13. The van der Waals surface area contributed by atoms with E-state index in [4.69, 9.17) is 4.52 Å². The fourth-order valence-electron chi connectivity index (χ4n) is 3.31. The number of aryl methyl sites for hydroxylation is 3. The van der Waals surface area contributed by atoms with Crippen molar-refractivity contribution in [1.29, 1.82) is 0 Å². The number of benzene rings is 1. The van der Waals surface area contributed by atoms with Crippen LogP contribution in [0.2, 0.25) is 0 Å². The molecule has 1 N–H and O–H groups in total. The summed E-state index contributed by atoms with van der Waals surface area (Å²) in [5.41, 5.74) is 2.00. The van der Waals surface area contributed by atoms with Crippen LogP contribution in [0.25, 0.3) is 0 Å². The number of aromatic nitrogens is 2. The normalized spacial score (nSPS) is 14.9. The molecule has 0 radical (unpaired) electrons. The molecule has 1 aliphatic rings. The van der Waals surface area contributed by atoms with Crippen LogP contribution >= 0.6 is 0 Å². The molecular formula is C20H27N5O3. The number of nitrogens with zero attached hydrogens (tertiary/aromatic N) is 4. The van der Waals surface area contributed by atoms with Gasteiger partial charge in [-0.2, -0.15) is 4.98 Å². The number of rotatable bonds is 7. The van der Waals surface area contributed by atoms with Gasteiger partial charge in [-0.15, -0.1) is 0 Å². The van der Waals surface area contributed by atoms with Crippen LogP contribution in [-0.2, 0) is 22.4 Å². The molecule has 1 aromatic carbocycles. The summed E-state index contributed by atoms with van der Waals surface area (Å²) in [6.45, 7) is 6.79. The summed E-state index contributed by atoms with van der Waals surface area (Å²) >= 11 is 0. The highest BCUT2D eigenvalue weighted by Crippen LogP contribution is 2.15. The van der Waals surface area contributed by atoms with Gasteiger partial charge in [0, 0.05) is 44.7 Å². The third-order valence-corrected chi connectivity index (χ3v) is 4.89. The average molecular weight is 385 g/mol. The Balaban J connectivity index is 1.41. The maximum atomic E-state index is 12.4. The van der Waals surface area contributed by atoms with Crippen molar-refractivity contribution in [1.82, 2.24) is 19.9 Å². The highest BCUT2D eigenvalue weighted by atomic mass is 16.5. The Bertz CT molecular complexity index is 812. The van der Waals surface area contributed by atoms with Gasteiger partial charge >= 0.3 is 0 Å². The fraction of sp³-hybridized carbons (Fsp3) is 0.500. The van der Waals surface area contributed by atoms with E-state index in [9.17, 15) is 9.59 Å². The molecule has 8 nitrogen and oxygen atoms in total. The summed E-state index contributed by atoms with van der Waals surface area (Å²) in [6.07, 6.45) is 1.69. The SMILES string of the molecule is CCc1ccccc1NC(=O)CN1CCN(C(=O)CCc2nc(C)no2)CC1. The van der Waals surface area contributed by atoms with Gasteiger partial charge in [-0.25, -0.2) is 0 Å². The van der Waals surface area contributed by atoms with Crippen molar-refractivity contribution in [2.45, 2.75) is 33.1 Å². The number of hydrogen-bond donors (Lipinski definition) is 1. The van der Waals surface area contributed by atoms with Crippen molar-refractivity contribution >= 4 is 17.5 Å². The van der Waals surface area contributed by atoms with Gasteiger partial charge in [0.15, 0.2) is 5.82 Å². The van der Waals surface area contributed by atoms with Gasteiger partial charge in [0.2, 0.25) is 17.7 Å². The minimum atomic E-state index is -0.0209. The fourth-order valence-corrected chi connectivity index (χ4v) is 3.31. The van der Waals surface area contributed by atoms with Crippen molar-refractivity contribution in [3.63, 3.8) is 0 Å². The van der Waals surface area contributed by atoms with E-state index in [1.54, 1.807) is 6.92 Å². The van der Waals surface area contributed by atoms with Gasteiger partial charge in [0.05, 0.1) is 6.54 Å². The zero-order valence-electron chi connectivity index (χ0n) is 16.5. The van der Waals surface area contributed by atoms with E-state index in [-0.39, 0.29) is 11.8 Å². The lowest BCUT2D eigenvalue weighted by Gasteiger charge is -2.34. The van der Waals surface area contributed by atoms with Crippen molar-refractivity contribution in [3.05, 3.63) is 41.5 Å². The van der Waals surface area contributed by atoms with Crippen LogP contribution in [0.4, 0.5) is 5.69 Å². The summed E-state index contributed by atoms with van der Waals surface area (Å²) in [6, 6.07) is 7.85. The van der Waals surface area contributed by atoms with Crippen LogP contribution in [0.5, 0.6) is 0 Å². The van der Waals surface area contributed by atoms with Crippen LogP contribution in [-0.4, -0.2) is 64.5 Å². The number of hydrogen-bond acceptors (Lipinski definition) is 6. The van der Waals surface area contributed by atoms with Gasteiger partial charge in [-0.05, 0) is 25.0 Å². The molecular weight excluding hydrogens is 358 g/mol. The first-order valence-corrected chi connectivity index (χ1v) is 9.72. The Morgan fingerprint density at radius 1 is 1.18 bits per heavy atom. The molecule has 0 bridgehead atoms. The standard InChI is InChI=1S/C20H27N5O3/c1-3-16-6-4-5-7-17(16)22-18(26)14-24-10-12-25(13-11-24)20(27)9-8-19-21-15(2)23-28-19/h4-7H,3,8-14H2,1-2H3,(H,22,26). The minimum Gasteiger partial charge on any atom is -0.340 e. The van der Waals surface area contributed by atoms with Crippen molar-refractivity contribution < 1.29 is 14.1 Å². The Hall–Kier alpha value is -2.74. The molecule has 0 saturated carbocycles. The highest BCUT2D eigenvalue weighted by molar-refractivity contribution is 5.93. The van der Waals surface area contributed by atoms with Crippen molar-refractivity contribution in [2.75, 3.05) is 38.0 Å². The number of carbonyl (C=O) groups is 2. The van der Waals surface area contributed by atoms with Crippen LogP contribution in [0.3, 0.4) is 0 Å². The molecule has 150 valence electrons. The third kappa shape index (κ3) is 5.39. The molecule has 2 amide bonds. The predicted octanol–water partition coefficient (Wildman–Crippen LogP) is 1.66. The van der Waals surface area contributed by atoms with E-state index in [2.05, 4.69) is 27.3 Å². The maximum absolute atomic E-state index is 12.4. The lowest BCUT2D eigenvalue weighted by Crippen LogP contribution is -2.50. The molecule has 1 aromatic heterocycles. The smallest absolute Gasteiger partial charge is 0.238 e. The second kappa shape index (κ2) is 9.45. The van der Waals surface area contributed by atoms with E-state index in [1.165, 1.54) is 0 Å². The lowest BCUT2D eigenvalue weighted by atomic mass is 10.1. The molecule has 28 heavy (non-hydrogen) atoms. The minimum absolute atomic E-state index is 0.0209. The summed E-state index contributed by atoms with van der Waals surface area (Å²) in [7, 11) is 0. The molecule has 3 rings (SSSR count). The Morgan fingerprint density at radius 2 is 1.93 bits per heavy atom. The Morgan fingerprint density at radius 3 is 2.61 bits per heavy atom. The monoisotopic (exact) mass is 385 g/mol. The number of para-hydroxylation sites is 1. The third-order valence-electron chi connectivity index (χ3n) is 4.89. The number of nitrogens with one attached hydrogen (secondary N) is 1. The van der Waals surface area contributed by atoms with E-state index in [1.807, 2.05) is 29.2 Å². The highest BCUT2D eigenvalue weighted by Gasteiger charge is 2.23. The first-order valence-electron chi connectivity index (χ1n) is 9.72. The lowest BCUT2D eigenvalue weighted by molar-refractivity contribution is -0.133. The summed E-state index contributed by atoms with van der Waals surface area (Å²) in [4.78, 5) is 32.8. The number of amides is 2. The average Bonchev–Trinajstić information content (AvgIpc) is 3.12.